The van der Waals surface area contributed by atoms with Gasteiger partial charge in [0, 0.05) is 31.4 Å². The Labute approximate surface area is 230 Å². The van der Waals surface area contributed by atoms with E-state index in [1.165, 1.54) is 4.88 Å². The topological polar surface area (TPSA) is 63.7 Å². The van der Waals surface area contributed by atoms with E-state index < -0.39 is 20.0 Å². The van der Waals surface area contributed by atoms with Crippen molar-refractivity contribution < 1.29 is 14.0 Å². The van der Waals surface area contributed by atoms with Crippen molar-refractivity contribution in [3.63, 3.8) is 0 Å². The fourth-order valence-electron chi connectivity index (χ4n) is 3.73. The molecule has 0 saturated carbocycles. The minimum absolute atomic E-state index is 0.186. The molecule has 1 aromatic heterocycles. The van der Waals surface area contributed by atoms with E-state index in [4.69, 9.17) is 9.16 Å². The predicted octanol–water partition coefficient (Wildman–Crippen LogP) is 8.02. The summed E-state index contributed by atoms with van der Waals surface area (Å²) >= 11 is 1.65. The van der Waals surface area contributed by atoms with Crippen LogP contribution >= 0.6 is 11.3 Å². The molecule has 1 heterocycles. The number of aryl methyl sites for hydroxylation is 1. The summed E-state index contributed by atoms with van der Waals surface area (Å²) in [6.07, 6.45) is -0.409. The third-order valence-electron chi connectivity index (χ3n) is 6.89. The quantitative estimate of drug-likeness (QED) is 0.305. The maximum absolute atomic E-state index is 12.4. The van der Waals surface area contributed by atoms with Crippen molar-refractivity contribution in [2.75, 3.05) is 18.1 Å². The zero-order valence-corrected chi connectivity index (χ0v) is 26.9. The minimum Gasteiger partial charge on any atom is -0.444 e. The van der Waals surface area contributed by atoms with Gasteiger partial charge < -0.3 is 19.4 Å². The second-order valence-corrected chi connectivity index (χ2v) is 18.6. The van der Waals surface area contributed by atoms with Crippen molar-refractivity contribution in [1.82, 2.24) is 10.3 Å². The van der Waals surface area contributed by atoms with Crippen LogP contribution in [-0.4, -0.2) is 44.2 Å². The van der Waals surface area contributed by atoms with Gasteiger partial charge in [0.25, 0.3) is 0 Å². The van der Waals surface area contributed by atoms with Crippen LogP contribution in [0, 0.1) is 12.8 Å². The van der Waals surface area contributed by atoms with Crippen LogP contribution in [0.4, 0.5) is 10.5 Å². The Morgan fingerprint density at radius 1 is 1.14 bits per heavy atom. The predicted molar refractivity (Wildman–Crippen MR) is 160 cm³/mol. The zero-order valence-electron chi connectivity index (χ0n) is 25.1. The molecule has 1 N–H and O–H groups in total. The lowest BCUT2D eigenvalue weighted by Gasteiger charge is -2.38. The van der Waals surface area contributed by atoms with E-state index in [2.05, 4.69) is 88.0 Å². The summed E-state index contributed by atoms with van der Waals surface area (Å²) < 4.78 is 12.0. The number of rotatable bonds is 10. The molecule has 2 rings (SSSR count). The molecule has 0 saturated heterocycles. The van der Waals surface area contributed by atoms with E-state index >= 15 is 0 Å². The van der Waals surface area contributed by atoms with Crippen LogP contribution in [0.25, 0.3) is 10.4 Å². The van der Waals surface area contributed by atoms with Crippen molar-refractivity contribution in [2.24, 2.45) is 5.92 Å². The number of benzene rings is 1. The number of carbonyl (C=O) groups excluding carboxylic acids is 1. The highest BCUT2D eigenvalue weighted by molar-refractivity contribution is 7.13. The maximum Gasteiger partial charge on any atom is 0.407 e. The molecule has 2 aromatic rings. The first kappa shape index (κ1) is 31.3. The van der Waals surface area contributed by atoms with Crippen molar-refractivity contribution in [3.05, 3.63) is 35.0 Å². The van der Waals surface area contributed by atoms with Gasteiger partial charge in [0.1, 0.15) is 5.60 Å². The number of thiazole rings is 1. The van der Waals surface area contributed by atoms with Gasteiger partial charge in [-0.05, 0) is 82.8 Å². The molecule has 1 atom stereocenters. The normalized spacial score (nSPS) is 13.5. The Morgan fingerprint density at radius 3 is 2.30 bits per heavy atom. The van der Waals surface area contributed by atoms with E-state index in [-0.39, 0.29) is 11.1 Å². The summed E-state index contributed by atoms with van der Waals surface area (Å²) in [5.41, 5.74) is 5.71. The average molecular weight is 548 g/mol. The number of amides is 1. The standard InChI is InChI=1S/C29H49N3O3SSi/c1-20(2)32(17-21(3)18-34-37(11,12)29(8,9)10)25-15-23(26-22(4)31-19-36-26)13-14-24(25)16-30-27(33)35-28(5,6)7/h13-15,19-21H,16-18H2,1-12H3,(H,30,33). The molecule has 1 aromatic carbocycles. The molecular weight excluding hydrogens is 498 g/mol. The van der Waals surface area contributed by atoms with Crippen LogP contribution < -0.4 is 10.2 Å². The number of anilines is 1. The molecule has 0 aliphatic heterocycles. The summed E-state index contributed by atoms with van der Waals surface area (Å²) in [7, 11) is -1.82. The lowest BCUT2D eigenvalue weighted by atomic mass is 10.0. The largest absolute Gasteiger partial charge is 0.444 e. The first-order chi connectivity index (χ1) is 16.9. The molecule has 6 nitrogen and oxygen atoms in total. The molecule has 0 aliphatic carbocycles. The third-order valence-corrected chi connectivity index (χ3v) is 12.4. The molecule has 1 unspecified atom stereocenters. The molecule has 208 valence electrons. The molecule has 0 fully saturated rings. The first-order valence-electron chi connectivity index (χ1n) is 13.3. The fraction of sp³-hybridized carbons (Fsp3) is 0.655. The zero-order chi connectivity index (χ0) is 28.2. The Hall–Kier alpha value is -1.90. The summed E-state index contributed by atoms with van der Waals surface area (Å²) in [6, 6.07) is 6.76. The van der Waals surface area contributed by atoms with Gasteiger partial charge in [-0.3, -0.25) is 0 Å². The number of carbonyl (C=O) groups is 1. The molecule has 0 radical (unpaired) electrons. The Kier molecular flexibility index (Phi) is 10.4. The first-order valence-corrected chi connectivity index (χ1v) is 17.1. The SMILES string of the molecule is Cc1ncsc1-c1ccc(CNC(=O)OC(C)(C)C)c(N(CC(C)CO[Si](C)(C)C(C)(C)C)C(C)C)c1. The van der Waals surface area contributed by atoms with E-state index in [9.17, 15) is 4.79 Å². The van der Waals surface area contributed by atoms with Gasteiger partial charge in [-0.2, -0.15) is 0 Å². The second kappa shape index (κ2) is 12.3. The van der Waals surface area contributed by atoms with Crippen molar-refractivity contribution in [1.29, 1.82) is 0 Å². The van der Waals surface area contributed by atoms with Crippen LogP contribution in [0.5, 0.6) is 0 Å². The monoisotopic (exact) mass is 547 g/mol. The smallest absolute Gasteiger partial charge is 0.407 e. The summed E-state index contributed by atoms with van der Waals surface area (Å²) in [5, 5.41) is 3.14. The number of aromatic nitrogens is 1. The second-order valence-electron chi connectivity index (χ2n) is 12.9. The van der Waals surface area contributed by atoms with Crippen molar-refractivity contribution >= 4 is 31.4 Å². The van der Waals surface area contributed by atoms with Gasteiger partial charge in [0.2, 0.25) is 0 Å². The van der Waals surface area contributed by atoms with Gasteiger partial charge >= 0.3 is 6.09 Å². The van der Waals surface area contributed by atoms with Gasteiger partial charge in [-0.15, -0.1) is 11.3 Å². The number of nitrogens with zero attached hydrogens (tertiary/aromatic N) is 2. The molecule has 37 heavy (non-hydrogen) atoms. The Morgan fingerprint density at radius 2 is 1.78 bits per heavy atom. The molecule has 0 bridgehead atoms. The number of alkyl carbamates (subject to hydrolysis) is 1. The van der Waals surface area contributed by atoms with Crippen LogP contribution in [0.15, 0.2) is 23.7 Å². The highest BCUT2D eigenvalue weighted by atomic mass is 32.1. The lowest BCUT2D eigenvalue weighted by Crippen LogP contribution is -2.43. The minimum atomic E-state index is -1.82. The van der Waals surface area contributed by atoms with Crippen molar-refractivity contribution in [2.45, 2.75) is 106 Å². The molecule has 0 aliphatic rings. The summed E-state index contributed by atoms with van der Waals surface area (Å²) in [5.74, 6) is 0.344. The van der Waals surface area contributed by atoms with Gasteiger partial charge in [0.15, 0.2) is 8.32 Å². The van der Waals surface area contributed by atoms with Gasteiger partial charge in [0.05, 0.1) is 16.1 Å². The molecular formula is C29H49N3O3SSi. The van der Waals surface area contributed by atoms with Crippen molar-refractivity contribution in [3.8, 4) is 10.4 Å². The number of ether oxygens (including phenoxy) is 1. The molecule has 1 amide bonds. The van der Waals surface area contributed by atoms with E-state index in [1.807, 2.05) is 33.2 Å². The number of nitrogens with one attached hydrogen (secondary N) is 1. The van der Waals surface area contributed by atoms with Crippen LogP contribution in [-0.2, 0) is 15.7 Å². The van der Waals surface area contributed by atoms with E-state index in [0.29, 0.717) is 12.5 Å². The van der Waals surface area contributed by atoms with E-state index in [1.54, 1.807) is 11.3 Å². The fourth-order valence-corrected chi connectivity index (χ4v) is 5.66. The Balaban J connectivity index is 2.35. The van der Waals surface area contributed by atoms with Gasteiger partial charge in [-0.25, -0.2) is 9.78 Å². The highest BCUT2D eigenvalue weighted by Crippen LogP contribution is 2.37. The highest BCUT2D eigenvalue weighted by Gasteiger charge is 2.37. The molecule has 0 spiro atoms. The van der Waals surface area contributed by atoms with Crippen LogP contribution in [0.2, 0.25) is 18.1 Å². The van der Waals surface area contributed by atoms with Crippen LogP contribution in [0.1, 0.15) is 73.6 Å². The Bertz CT molecular complexity index is 1040. The van der Waals surface area contributed by atoms with Crippen LogP contribution in [0.3, 0.4) is 0 Å². The molecule has 8 heteroatoms. The summed E-state index contributed by atoms with van der Waals surface area (Å²) in [6.45, 7) is 27.8. The maximum atomic E-state index is 12.4. The van der Waals surface area contributed by atoms with E-state index in [0.717, 1.165) is 35.7 Å². The summed E-state index contributed by atoms with van der Waals surface area (Å²) in [4.78, 5) is 20.5. The lowest BCUT2D eigenvalue weighted by molar-refractivity contribution is 0.0523. The number of hydrogen-bond donors (Lipinski definition) is 1. The number of hydrogen-bond acceptors (Lipinski definition) is 6. The third kappa shape index (κ3) is 9.11. The average Bonchev–Trinajstić information content (AvgIpc) is 3.18. The van der Waals surface area contributed by atoms with Gasteiger partial charge in [-0.1, -0.05) is 39.8 Å².